The zero-order valence-electron chi connectivity index (χ0n) is 21.6. The topological polar surface area (TPSA) is 146 Å². The number of fused-ring (bicyclic) bond motifs is 1. The van der Waals surface area contributed by atoms with Gasteiger partial charge in [-0.15, -0.1) is 0 Å². The lowest BCUT2D eigenvalue weighted by Gasteiger charge is -2.14. The smallest absolute Gasteiger partial charge is 0.352 e. The first kappa shape index (κ1) is 26.9. The number of nitrogens with two attached hydrogens (primary N) is 1. The predicted octanol–water partition coefficient (Wildman–Crippen LogP) is 3.26. The number of para-hydroxylation sites is 1. The van der Waals surface area contributed by atoms with E-state index in [9.17, 15) is 27.5 Å². The summed E-state index contributed by atoms with van der Waals surface area (Å²) in [5, 5.41) is 10.5. The first-order valence-corrected chi connectivity index (χ1v) is 14.6. The lowest BCUT2D eigenvalue weighted by molar-refractivity contribution is -0.114. The zero-order chi connectivity index (χ0) is 28.1. The van der Waals surface area contributed by atoms with E-state index in [1.807, 2.05) is 13.0 Å². The number of aromatic amines is 1. The number of aliphatic imine (C=N–C) groups is 1. The summed E-state index contributed by atoms with van der Waals surface area (Å²) in [4.78, 5) is 34.5. The highest BCUT2D eigenvalue weighted by atomic mass is 32.2. The molecule has 11 heteroatoms. The van der Waals surface area contributed by atoms with Gasteiger partial charge in [-0.1, -0.05) is 37.3 Å². The Balaban J connectivity index is 1.52. The quantitative estimate of drug-likeness (QED) is 0.389. The van der Waals surface area contributed by atoms with Crippen LogP contribution in [0.5, 0.6) is 0 Å². The van der Waals surface area contributed by atoms with Gasteiger partial charge in [-0.2, -0.15) is 0 Å². The van der Waals surface area contributed by atoms with Gasteiger partial charge in [0.2, 0.25) is 0 Å². The maximum atomic E-state index is 14.9. The first-order chi connectivity index (χ1) is 18.4. The average molecular weight is 553 g/mol. The molecule has 4 N–H and O–H groups in total. The summed E-state index contributed by atoms with van der Waals surface area (Å²) >= 11 is 0. The van der Waals surface area contributed by atoms with Crippen LogP contribution >= 0.6 is 0 Å². The number of carboxylic acids is 1. The number of H-pyrrole nitrogens is 1. The van der Waals surface area contributed by atoms with Crippen molar-refractivity contribution in [2.45, 2.75) is 31.1 Å². The first-order valence-electron chi connectivity index (χ1n) is 12.6. The van der Waals surface area contributed by atoms with Crippen LogP contribution in [0.25, 0.3) is 22.0 Å². The minimum absolute atomic E-state index is 0.00526. The van der Waals surface area contributed by atoms with Gasteiger partial charge in [0.05, 0.1) is 17.0 Å². The lowest BCUT2D eigenvalue weighted by Crippen LogP contribution is -2.30. The second-order valence-corrected chi connectivity index (χ2v) is 12.5. The Labute approximate surface area is 225 Å². The van der Waals surface area contributed by atoms with E-state index < -0.39 is 33.3 Å². The van der Waals surface area contributed by atoms with Gasteiger partial charge >= 0.3 is 5.97 Å². The van der Waals surface area contributed by atoms with Crippen molar-refractivity contribution in [3.05, 3.63) is 70.7 Å². The molecule has 1 fully saturated rings. The van der Waals surface area contributed by atoms with Crippen LogP contribution in [0.15, 0.2) is 53.0 Å². The molecule has 0 spiro atoms. The number of carboxylic acid groups (broad SMARTS) is 1. The third-order valence-electron chi connectivity index (χ3n) is 7.28. The normalized spacial score (nSPS) is 19.0. The fraction of sp³-hybridized carbons (Fsp3) is 0.321. The summed E-state index contributed by atoms with van der Waals surface area (Å²) in [6.07, 6.45) is 3.72. The van der Waals surface area contributed by atoms with E-state index in [-0.39, 0.29) is 28.8 Å². The predicted molar refractivity (Wildman–Crippen MR) is 147 cm³/mol. The van der Waals surface area contributed by atoms with E-state index in [0.717, 1.165) is 31.8 Å². The fourth-order valence-corrected chi connectivity index (χ4v) is 6.23. The van der Waals surface area contributed by atoms with Crippen LogP contribution < -0.4 is 5.73 Å². The molecule has 0 radical (unpaired) electrons. The molecule has 2 aliphatic rings. The Morgan fingerprint density at radius 2 is 2.08 bits per heavy atom. The van der Waals surface area contributed by atoms with Crippen LogP contribution in [0, 0.1) is 5.82 Å². The summed E-state index contributed by atoms with van der Waals surface area (Å²) < 4.78 is 38.2. The fourth-order valence-electron chi connectivity index (χ4n) is 5.43. The zero-order valence-corrected chi connectivity index (χ0v) is 22.4. The van der Waals surface area contributed by atoms with Gasteiger partial charge in [0.15, 0.2) is 9.84 Å². The Morgan fingerprint density at radius 3 is 2.72 bits per heavy atom. The molecular weight excluding hydrogens is 523 g/mol. The van der Waals surface area contributed by atoms with Crippen LogP contribution in [0.2, 0.25) is 0 Å². The number of sulfone groups is 1. The molecule has 1 aromatic heterocycles. The van der Waals surface area contributed by atoms with Crippen molar-refractivity contribution in [2.24, 2.45) is 10.7 Å². The number of aromatic nitrogens is 1. The number of rotatable bonds is 8. The number of nitrogens with zero attached hydrogens (tertiary/aromatic N) is 2. The van der Waals surface area contributed by atoms with Crippen molar-refractivity contribution in [1.29, 1.82) is 0 Å². The summed E-state index contributed by atoms with van der Waals surface area (Å²) in [5.41, 5.74) is 8.85. The van der Waals surface area contributed by atoms with Crippen LogP contribution in [0.4, 0.5) is 4.39 Å². The molecule has 0 bridgehead atoms. The molecule has 3 aromatic rings. The molecule has 3 heterocycles. The maximum absolute atomic E-state index is 14.9. The van der Waals surface area contributed by atoms with Crippen molar-refractivity contribution in [2.75, 3.05) is 25.9 Å². The lowest BCUT2D eigenvalue weighted by atomic mass is 9.90. The van der Waals surface area contributed by atoms with Crippen molar-refractivity contribution in [3.63, 3.8) is 0 Å². The molecule has 0 saturated carbocycles. The van der Waals surface area contributed by atoms with E-state index in [0.29, 0.717) is 39.9 Å². The number of hydrogen-bond donors (Lipinski definition) is 3. The highest BCUT2D eigenvalue weighted by molar-refractivity contribution is 7.89. The van der Waals surface area contributed by atoms with E-state index in [4.69, 9.17) is 5.73 Å². The molecular formula is C28H29FN4O5S. The number of hydrogen-bond acceptors (Lipinski definition) is 6. The largest absolute Gasteiger partial charge is 0.477 e. The van der Waals surface area contributed by atoms with E-state index in [1.165, 1.54) is 12.1 Å². The Kier molecular flexibility index (Phi) is 7.00. The van der Waals surface area contributed by atoms with Gasteiger partial charge in [0.1, 0.15) is 11.5 Å². The Hall–Kier alpha value is -3.67. The summed E-state index contributed by atoms with van der Waals surface area (Å²) in [5.74, 6) is -3.15. The van der Waals surface area contributed by atoms with Crippen LogP contribution in [-0.2, 0) is 20.4 Å². The maximum Gasteiger partial charge on any atom is 0.352 e. The SMILES string of the molecule is CC(C1=CC(CN2CC[C@H](N)C2)=NC1=O)c1cccc2c(-c3ccc(CS(C)(=O)=O)c(F)c3)c(C(=O)O)[nH]c12. The molecule has 0 aliphatic carbocycles. The Morgan fingerprint density at radius 1 is 1.31 bits per heavy atom. The molecule has 5 rings (SSSR count). The molecule has 9 nitrogen and oxygen atoms in total. The number of halogens is 1. The highest BCUT2D eigenvalue weighted by Crippen LogP contribution is 2.39. The number of aromatic carboxylic acids is 1. The van der Waals surface area contributed by atoms with Gasteiger partial charge in [-0.3, -0.25) is 9.69 Å². The molecule has 1 unspecified atom stereocenters. The van der Waals surface area contributed by atoms with Gasteiger partial charge < -0.3 is 15.8 Å². The van der Waals surface area contributed by atoms with Gasteiger partial charge in [-0.25, -0.2) is 22.6 Å². The Bertz CT molecular complexity index is 1670. The molecule has 39 heavy (non-hydrogen) atoms. The molecule has 1 amide bonds. The molecule has 204 valence electrons. The second-order valence-electron chi connectivity index (χ2n) is 10.3. The van der Waals surface area contributed by atoms with Gasteiger partial charge in [-0.05, 0) is 29.7 Å². The number of likely N-dealkylation sites (tertiary alicyclic amines) is 1. The minimum atomic E-state index is -3.45. The minimum Gasteiger partial charge on any atom is -0.477 e. The van der Waals surface area contributed by atoms with E-state index in [1.54, 1.807) is 18.2 Å². The number of amides is 1. The molecule has 1 saturated heterocycles. The average Bonchev–Trinajstić information content (AvgIpc) is 3.55. The monoisotopic (exact) mass is 552 g/mol. The summed E-state index contributed by atoms with van der Waals surface area (Å²) in [6, 6.07) is 9.46. The van der Waals surface area contributed by atoms with Gasteiger partial charge in [0.25, 0.3) is 5.91 Å². The highest BCUT2D eigenvalue weighted by Gasteiger charge is 2.29. The molecule has 2 aliphatic heterocycles. The van der Waals surface area contributed by atoms with Crippen LogP contribution in [0.3, 0.4) is 0 Å². The van der Waals surface area contributed by atoms with Crippen LogP contribution in [-0.4, -0.2) is 72.9 Å². The summed E-state index contributed by atoms with van der Waals surface area (Å²) in [6.45, 7) is 4.01. The van der Waals surface area contributed by atoms with E-state index in [2.05, 4.69) is 14.9 Å². The second kappa shape index (κ2) is 10.1. The number of nitrogens with one attached hydrogen (secondary N) is 1. The van der Waals surface area contributed by atoms with E-state index >= 15 is 0 Å². The van der Waals surface area contributed by atoms with Crippen molar-refractivity contribution < 1.29 is 27.5 Å². The number of carbonyl (C=O) groups excluding carboxylic acids is 1. The third kappa shape index (κ3) is 5.42. The molecule has 2 aromatic carbocycles. The van der Waals surface area contributed by atoms with Gasteiger partial charge in [0, 0.05) is 59.9 Å². The van der Waals surface area contributed by atoms with Crippen LogP contribution in [0.1, 0.15) is 40.9 Å². The molecule has 2 atom stereocenters. The van der Waals surface area contributed by atoms with Crippen molar-refractivity contribution in [1.82, 2.24) is 9.88 Å². The third-order valence-corrected chi connectivity index (χ3v) is 8.12. The summed E-state index contributed by atoms with van der Waals surface area (Å²) in [7, 11) is -3.45. The van der Waals surface area contributed by atoms with Crippen molar-refractivity contribution in [3.8, 4) is 11.1 Å². The standard InChI is InChI=1S/C28H29FN4O5S/c1-15(22-11-19(31-27(22)34)13-33-9-8-18(30)12-33)20-4-3-5-21-24(26(28(35)36)32-25(20)21)16-6-7-17(23(29)10-16)14-39(2,37)38/h3-7,10-11,15,18,32H,8-9,12-14,30H2,1-2H3,(H,35,36)/t15?,18-/m0/s1. The number of carbonyl (C=O) groups is 2. The van der Waals surface area contributed by atoms with Crippen molar-refractivity contribution >= 4 is 38.3 Å². The number of benzene rings is 2.